The average Bonchev–Trinajstić information content (AvgIpc) is 3.07. The van der Waals surface area contributed by atoms with Crippen molar-refractivity contribution < 1.29 is 13.7 Å². The maximum Gasteiger partial charge on any atom is 0.232 e. The maximum atomic E-state index is 13.9. The number of hydrogen-bond donors (Lipinski definition) is 1. The van der Waals surface area contributed by atoms with Gasteiger partial charge >= 0.3 is 0 Å². The average molecular weight is 354 g/mol. The molecule has 26 heavy (non-hydrogen) atoms. The summed E-state index contributed by atoms with van der Waals surface area (Å²) in [7, 11) is 0. The van der Waals surface area contributed by atoms with Crippen LogP contribution in [0, 0.1) is 5.82 Å². The fraction of sp³-hybridized carbons (Fsp3) is 0.316. The molecule has 2 aromatic heterocycles. The summed E-state index contributed by atoms with van der Waals surface area (Å²) < 4.78 is 21.2. The fourth-order valence-electron chi connectivity index (χ4n) is 3.06. The normalized spacial score (nSPS) is 15.0. The summed E-state index contributed by atoms with van der Waals surface area (Å²) in [4.78, 5) is 16.6. The Kier molecular flexibility index (Phi) is 4.28. The van der Waals surface area contributed by atoms with Crippen LogP contribution in [0.25, 0.3) is 11.3 Å². The molecule has 1 amide bonds. The number of nitrogens with one attached hydrogen (secondary N) is 1. The molecule has 4 rings (SSSR count). The Morgan fingerprint density at radius 3 is 2.92 bits per heavy atom. The maximum absolute atomic E-state index is 13.9. The largest absolute Gasteiger partial charge is 0.356 e. The summed E-state index contributed by atoms with van der Waals surface area (Å²) in [6, 6.07) is 8.04. The van der Waals surface area contributed by atoms with Crippen LogP contribution in [0.1, 0.15) is 25.0 Å². The third kappa shape index (κ3) is 3.12. The van der Waals surface area contributed by atoms with Crippen LogP contribution in [0.2, 0.25) is 0 Å². The van der Waals surface area contributed by atoms with E-state index in [-0.39, 0.29) is 11.7 Å². The van der Waals surface area contributed by atoms with Crippen LogP contribution in [-0.4, -0.2) is 27.2 Å². The van der Waals surface area contributed by atoms with Crippen LogP contribution in [-0.2, 0) is 16.8 Å². The Balaban J connectivity index is 1.39. The Labute approximate surface area is 150 Å². The van der Waals surface area contributed by atoms with Gasteiger partial charge in [0.1, 0.15) is 5.82 Å². The van der Waals surface area contributed by atoms with Crippen molar-refractivity contribution in [3.63, 3.8) is 0 Å². The molecule has 0 aliphatic heterocycles. The van der Waals surface area contributed by atoms with E-state index in [2.05, 4.69) is 15.5 Å². The molecule has 0 bridgehead atoms. The number of imidazole rings is 1. The van der Waals surface area contributed by atoms with Crippen LogP contribution in [0.5, 0.6) is 0 Å². The van der Waals surface area contributed by atoms with E-state index in [0.29, 0.717) is 23.6 Å². The summed E-state index contributed by atoms with van der Waals surface area (Å²) >= 11 is 0. The van der Waals surface area contributed by atoms with Gasteiger partial charge in [-0.15, -0.1) is 0 Å². The topological polar surface area (TPSA) is 73.0 Å². The van der Waals surface area contributed by atoms with Crippen molar-refractivity contribution in [3.05, 3.63) is 60.6 Å². The molecule has 1 N–H and O–H groups in total. The lowest BCUT2D eigenvalue weighted by molar-refractivity contribution is -0.123. The van der Waals surface area contributed by atoms with Gasteiger partial charge in [-0.2, -0.15) is 0 Å². The molecular formula is C19H19FN4O2. The van der Waals surface area contributed by atoms with E-state index in [4.69, 9.17) is 4.52 Å². The van der Waals surface area contributed by atoms with E-state index in [1.54, 1.807) is 36.8 Å². The van der Waals surface area contributed by atoms with E-state index in [0.717, 1.165) is 25.8 Å². The molecule has 1 fully saturated rings. The minimum Gasteiger partial charge on any atom is -0.356 e. The Hall–Kier alpha value is -2.96. The molecule has 1 saturated carbocycles. The van der Waals surface area contributed by atoms with E-state index >= 15 is 0 Å². The molecule has 7 heteroatoms. The highest BCUT2D eigenvalue weighted by Gasteiger charge is 2.53. The number of hydrogen-bond acceptors (Lipinski definition) is 4. The van der Waals surface area contributed by atoms with Gasteiger partial charge in [-0.05, 0) is 31.4 Å². The number of rotatable bonds is 7. The number of benzene rings is 1. The lowest BCUT2D eigenvalue weighted by Gasteiger charge is -2.12. The summed E-state index contributed by atoms with van der Waals surface area (Å²) in [6.07, 6.45) is 7.65. The van der Waals surface area contributed by atoms with Crippen molar-refractivity contribution in [2.75, 3.05) is 6.54 Å². The van der Waals surface area contributed by atoms with Gasteiger partial charge in [0.25, 0.3) is 0 Å². The number of carbonyl (C=O) groups is 1. The third-order valence-electron chi connectivity index (χ3n) is 4.76. The Bertz CT molecular complexity index is 900. The zero-order valence-electron chi connectivity index (χ0n) is 14.2. The van der Waals surface area contributed by atoms with Crippen LogP contribution in [0.4, 0.5) is 4.39 Å². The second kappa shape index (κ2) is 6.74. The lowest BCUT2D eigenvalue weighted by Crippen LogP contribution is -2.35. The molecule has 0 unspecified atom stereocenters. The van der Waals surface area contributed by atoms with Crippen molar-refractivity contribution >= 4 is 5.91 Å². The van der Waals surface area contributed by atoms with Gasteiger partial charge in [0.2, 0.25) is 5.91 Å². The molecule has 0 atom stereocenters. The quantitative estimate of drug-likeness (QED) is 0.662. The predicted octanol–water partition coefficient (Wildman–Crippen LogP) is 2.92. The van der Waals surface area contributed by atoms with Crippen LogP contribution < -0.4 is 5.32 Å². The number of aryl methyl sites for hydroxylation is 1. The summed E-state index contributed by atoms with van der Waals surface area (Å²) in [6.45, 7) is 1.38. The molecule has 3 aromatic rings. The summed E-state index contributed by atoms with van der Waals surface area (Å²) in [5, 5.41) is 7.02. The first-order valence-electron chi connectivity index (χ1n) is 8.65. The smallest absolute Gasteiger partial charge is 0.232 e. The zero-order chi connectivity index (χ0) is 18.0. The third-order valence-corrected chi connectivity index (χ3v) is 4.76. The Morgan fingerprint density at radius 2 is 2.19 bits per heavy atom. The minimum absolute atomic E-state index is 0.0449. The van der Waals surface area contributed by atoms with Gasteiger partial charge in [-0.25, -0.2) is 9.37 Å². The Morgan fingerprint density at radius 1 is 1.35 bits per heavy atom. The van der Waals surface area contributed by atoms with Gasteiger partial charge in [-0.3, -0.25) is 4.79 Å². The lowest BCUT2D eigenvalue weighted by atomic mass is 10.00. The van der Waals surface area contributed by atoms with E-state index in [1.807, 2.05) is 10.8 Å². The highest BCUT2D eigenvalue weighted by atomic mass is 19.1. The number of aromatic nitrogens is 3. The van der Waals surface area contributed by atoms with Crippen molar-refractivity contribution in [1.82, 2.24) is 20.0 Å². The van der Waals surface area contributed by atoms with E-state index < -0.39 is 5.41 Å². The van der Waals surface area contributed by atoms with E-state index in [9.17, 15) is 9.18 Å². The van der Waals surface area contributed by atoms with Crippen LogP contribution in [0.15, 0.2) is 53.6 Å². The van der Waals surface area contributed by atoms with Gasteiger partial charge in [0.05, 0.1) is 23.0 Å². The molecule has 0 spiro atoms. The first-order chi connectivity index (χ1) is 12.7. The number of halogens is 1. The van der Waals surface area contributed by atoms with Crippen molar-refractivity contribution in [3.8, 4) is 11.3 Å². The first kappa shape index (κ1) is 16.5. The highest BCUT2D eigenvalue weighted by Crippen LogP contribution is 2.48. The van der Waals surface area contributed by atoms with Crippen molar-refractivity contribution in [2.24, 2.45) is 0 Å². The standard InChI is InChI=1S/C19H19FN4O2/c20-15-5-2-1-4-14(15)16-12-17(23-26-16)19(6-7-19)18(25)22-8-3-10-24-11-9-21-13-24/h1-2,4-5,9,11-13H,3,6-8,10H2,(H,22,25). The number of amides is 1. The predicted molar refractivity (Wildman–Crippen MR) is 92.7 cm³/mol. The molecule has 1 aliphatic rings. The fourth-order valence-corrected chi connectivity index (χ4v) is 3.06. The molecule has 0 radical (unpaired) electrons. The van der Waals surface area contributed by atoms with Gasteiger partial charge in [-0.1, -0.05) is 17.3 Å². The molecule has 1 aromatic carbocycles. The second-order valence-electron chi connectivity index (χ2n) is 6.55. The van der Waals surface area contributed by atoms with Gasteiger partial charge in [0, 0.05) is 31.5 Å². The molecule has 2 heterocycles. The molecule has 0 saturated heterocycles. The molecule has 6 nitrogen and oxygen atoms in total. The van der Waals surface area contributed by atoms with Crippen LogP contribution >= 0.6 is 0 Å². The monoisotopic (exact) mass is 354 g/mol. The van der Waals surface area contributed by atoms with Crippen LogP contribution in [0.3, 0.4) is 0 Å². The minimum atomic E-state index is -0.637. The number of carbonyl (C=O) groups excluding carboxylic acids is 1. The van der Waals surface area contributed by atoms with Gasteiger partial charge in [0.15, 0.2) is 5.76 Å². The van der Waals surface area contributed by atoms with Crippen molar-refractivity contribution in [2.45, 2.75) is 31.2 Å². The summed E-state index contributed by atoms with van der Waals surface area (Å²) in [5.41, 5.74) is 0.285. The summed E-state index contributed by atoms with van der Waals surface area (Å²) in [5.74, 6) is -0.0715. The SMILES string of the molecule is O=C(NCCCn1ccnc1)C1(c2cc(-c3ccccc3F)on2)CC1. The zero-order valence-corrected chi connectivity index (χ0v) is 14.2. The molecular weight excluding hydrogens is 335 g/mol. The highest BCUT2D eigenvalue weighted by molar-refractivity contribution is 5.91. The van der Waals surface area contributed by atoms with Gasteiger partial charge < -0.3 is 14.4 Å². The second-order valence-corrected chi connectivity index (χ2v) is 6.55. The number of nitrogens with zero attached hydrogens (tertiary/aromatic N) is 3. The van der Waals surface area contributed by atoms with E-state index in [1.165, 1.54) is 6.07 Å². The van der Waals surface area contributed by atoms with Crippen molar-refractivity contribution in [1.29, 1.82) is 0 Å². The molecule has 1 aliphatic carbocycles. The molecule has 134 valence electrons. The first-order valence-corrected chi connectivity index (χ1v) is 8.65.